The first-order valence-corrected chi connectivity index (χ1v) is 7.44. The third kappa shape index (κ3) is 6.50. The lowest BCUT2D eigenvalue weighted by Gasteiger charge is -2.04. The summed E-state index contributed by atoms with van der Waals surface area (Å²) in [6, 6.07) is 4.26. The summed E-state index contributed by atoms with van der Waals surface area (Å²) < 4.78 is 7.32. The molecule has 1 rings (SSSR count). The zero-order chi connectivity index (χ0) is 14.8. The fourth-order valence-corrected chi connectivity index (χ4v) is 1.92. The first kappa shape index (κ1) is 16.4. The monoisotopic (exact) mass is 276 g/mol. The molecule has 1 heterocycles. The van der Waals surface area contributed by atoms with Crippen LogP contribution in [0.25, 0.3) is 0 Å². The van der Waals surface area contributed by atoms with Gasteiger partial charge in [0.15, 0.2) is 12.4 Å². The van der Waals surface area contributed by atoms with Crippen molar-refractivity contribution in [2.24, 2.45) is 0 Å². The number of carbonyl (C=O) groups is 1. The average molecular weight is 276 g/mol. The average Bonchev–Trinajstić information content (AvgIpc) is 2.45. The Hall–Kier alpha value is -1.64. The minimum Gasteiger partial charge on any atom is -0.462 e. The second-order valence-electron chi connectivity index (χ2n) is 5.18. The number of carbonyl (C=O) groups excluding carboxylic acids is 1. The summed E-state index contributed by atoms with van der Waals surface area (Å²) in [5, 5.41) is 0. The smallest absolute Gasteiger partial charge is 0.333 e. The van der Waals surface area contributed by atoms with Crippen LogP contribution in [-0.2, 0) is 22.5 Å². The third-order valence-electron chi connectivity index (χ3n) is 3.13. The molecule has 0 amide bonds. The van der Waals surface area contributed by atoms with E-state index in [0.29, 0.717) is 12.2 Å². The molecule has 0 aliphatic heterocycles. The van der Waals surface area contributed by atoms with Crippen LogP contribution >= 0.6 is 0 Å². The topological polar surface area (TPSA) is 30.2 Å². The summed E-state index contributed by atoms with van der Waals surface area (Å²) in [6.45, 7) is 9.00. The van der Waals surface area contributed by atoms with Crippen molar-refractivity contribution in [3.8, 4) is 0 Å². The van der Waals surface area contributed by atoms with E-state index in [0.717, 1.165) is 25.8 Å². The van der Waals surface area contributed by atoms with Gasteiger partial charge in [0.25, 0.3) is 0 Å². The van der Waals surface area contributed by atoms with E-state index in [9.17, 15) is 4.79 Å². The first-order valence-electron chi connectivity index (χ1n) is 7.44. The van der Waals surface area contributed by atoms with Crippen LogP contribution < -0.4 is 4.57 Å². The molecule has 3 nitrogen and oxygen atoms in total. The second-order valence-corrected chi connectivity index (χ2v) is 5.18. The van der Waals surface area contributed by atoms with Crippen molar-refractivity contribution in [3.05, 3.63) is 42.2 Å². The van der Waals surface area contributed by atoms with Gasteiger partial charge >= 0.3 is 5.97 Å². The molecule has 0 aromatic carbocycles. The lowest BCUT2D eigenvalue weighted by molar-refractivity contribution is -0.697. The number of ether oxygens (including phenoxy) is 1. The maximum atomic E-state index is 11.2. The Morgan fingerprint density at radius 1 is 1.35 bits per heavy atom. The predicted molar refractivity (Wildman–Crippen MR) is 80.3 cm³/mol. The number of hydrogen-bond donors (Lipinski definition) is 0. The standard InChI is InChI=1S/C17H26NO2/c1-4-5-11-18-12-8-10-16(14-18)9-6-7-13-20-17(19)15(2)3/h8,10,12,14H,2,4-7,9,11,13H2,1,3H3/q+1. The minimum atomic E-state index is -0.290. The largest absolute Gasteiger partial charge is 0.462 e. The van der Waals surface area contributed by atoms with Crippen LogP contribution in [0.2, 0.25) is 0 Å². The number of esters is 1. The zero-order valence-electron chi connectivity index (χ0n) is 12.7. The normalized spacial score (nSPS) is 10.3. The van der Waals surface area contributed by atoms with E-state index < -0.39 is 0 Å². The van der Waals surface area contributed by atoms with Crippen LogP contribution in [0, 0.1) is 0 Å². The number of aromatic nitrogens is 1. The van der Waals surface area contributed by atoms with Crippen LogP contribution in [0.1, 0.15) is 45.1 Å². The van der Waals surface area contributed by atoms with E-state index in [1.807, 2.05) is 0 Å². The van der Waals surface area contributed by atoms with Crippen LogP contribution in [0.5, 0.6) is 0 Å². The summed E-state index contributed by atoms with van der Waals surface area (Å²) in [4.78, 5) is 11.2. The number of pyridine rings is 1. The summed E-state index contributed by atoms with van der Waals surface area (Å²) in [5.41, 5.74) is 1.81. The maximum absolute atomic E-state index is 11.2. The van der Waals surface area contributed by atoms with Gasteiger partial charge in [-0.1, -0.05) is 19.9 Å². The number of nitrogens with zero attached hydrogens (tertiary/aromatic N) is 1. The predicted octanol–water partition coefficient (Wildman–Crippen LogP) is 3.22. The highest BCUT2D eigenvalue weighted by atomic mass is 16.5. The highest BCUT2D eigenvalue weighted by molar-refractivity contribution is 5.86. The molecule has 0 unspecified atom stereocenters. The van der Waals surface area contributed by atoms with E-state index >= 15 is 0 Å². The first-order chi connectivity index (χ1) is 9.63. The molecule has 0 aliphatic carbocycles. The molecule has 0 bridgehead atoms. The molecule has 0 spiro atoms. The minimum absolute atomic E-state index is 0.290. The molecule has 0 atom stereocenters. The number of rotatable bonds is 9. The molecule has 110 valence electrons. The van der Waals surface area contributed by atoms with Crippen molar-refractivity contribution >= 4 is 5.97 Å². The van der Waals surface area contributed by atoms with Crippen molar-refractivity contribution in [2.45, 2.75) is 52.5 Å². The van der Waals surface area contributed by atoms with Crippen LogP contribution in [-0.4, -0.2) is 12.6 Å². The molecule has 0 radical (unpaired) electrons. The third-order valence-corrected chi connectivity index (χ3v) is 3.13. The van der Waals surface area contributed by atoms with Gasteiger partial charge in [-0.2, -0.15) is 0 Å². The Morgan fingerprint density at radius 2 is 2.15 bits per heavy atom. The van der Waals surface area contributed by atoms with Crippen molar-refractivity contribution in [1.82, 2.24) is 0 Å². The van der Waals surface area contributed by atoms with Gasteiger partial charge in [0.05, 0.1) is 6.61 Å². The lowest BCUT2D eigenvalue weighted by Crippen LogP contribution is -2.33. The van der Waals surface area contributed by atoms with Crippen molar-refractivity contribution in [1.29, 1.82) is 0 Å². The highest BCUT2D eigenvalue weighted by Crippen LogP contribution is 2.03. The van der Waals surface area contributed by atoms with Crippen molar-refractivity contribution in [3.63, 3.8) is 0 Å². The molecule has 1 aromatic rings. The van der Waals surface area contributed by atoms with Gasteiger partial charge in [-0.15, -0.1) is 0 Å². The van der Waals surface area contributed by atoms with Crippen LogP contribution in [0.3, 0.4) is 0 Å². The number of unbranched alkanes of at least 4 members (excludes halogenated alkanes) is 2. The SMILES string of the molecule is C=C(C)C(=O)OCCCCc1ccc[n+](CCCC)c1. The van der Waals surface area contributed by atoms with Crippen molar-refractivity contribution < 1.29 is 14.1 Å². The molecule has 1 aromatic heterocycles. The van der Waals surface area contributed by atoms with Gasteiger partial charge in [-0.05, 0) is 32.3 Å². The summed E-state index contributed by atoms with van der Waals surface area (Å²) in [5.74, 6) is -0.290. The molecule has 0 saturated carbocycles. The maximum Gasteiger partial charge on any atom is 0.333 e. The lowest BCUT2D eigenvalue weighted by atomic mass is 10.1. The Balaban J connectivity index is 2.24. The van der Waals surface area contributed by atoms with Gasteiger partial charge in [-0.3, -0.25) is 0 Å². The molecule has 3 heteroatoms. The van der Waals surface area contributed by atoms with Gasteiger partial charge < -0.3 is 4.74 Å². The quantitative estimate of drug-likeness (QED) is 0.300. The number of hydrogen-bond acceptors (Lipinski definition) is 2. The molecular formula is C17H26NO2+. The Bertz CT molecular complexity index is 440. The Labute approximate surface area is 122 Å². The highest BCUT2D eigenvalue weighted by Gasteiger charge is 2.04. The van der Waals surface area contributed by atoms with Gasteiger partial charge in [0, 0.05) is 23.6 Å². The number of aryl methyl sites for hydroxylation is 2. The van der Waals surface area contributed by atoms with E-state index in [-0.39, 0.29) is 5.97 Å². The zero-order valence-corrected chi connectivity index (χ0v) is 12.7. The molecule has 0 saturated heterocycles. The Morgan fingerprint density at radius 3 is 2.85 bits per heavy atom. The Kier molecular flexibility index (Phi) is 7.63. The van der Waals surface area contributed by atoms with Gasteiger partial charge in [-0.25, -0.2) is 9.36 Å². The van der Waals surface area contributed by atoms with Crippen LogP contribution in [0.4, 0.5) is 0 Å². The summed E-state index contributed by atoms with van der Waals surface area (Å²) in [7, 11) is 0. The second kappa shape index (κ2) is 9.29. The summed E-state index contributed by atoms with van der Waals surface area (Å²) in [6.07, 6.45) is 9.71. The molecular weight excluding hydrogens is 250 g/mol. The molecule has 0 aliphatic rings. The fraction of sp³-hybridized carbons (Fsp3) is 0.529. The van der Waals surface area contributed by atoms with E-state index in [2.05, 4.69) is 42.6 Å². The van der Waals surface area contributed by atoms with E-state index in [1.54, 1.807) is 6.92 Å². The van der Waals surface area contributed by atoms with E-state index in [1.165, 1.54) is 18.4 Å². The van der Waals surface area contributed by atoms with Gasteiger partial charge in [0.2, 0.25) is 0 Å². The molecule has 0 N–H and O–H groups in total. The molecule has 20 heavy (non-hydrogen) atoms. The van der Waals surface area contributed by atoms with Gasteiger partial charge in [0.1, 0.15) is 6.54 Å². The summed E-state index contributed by atoms with van der Waals surface area (Å²) >= 11 is 0. The molecule has 0 fully saturated rings. The van der Waals surface area contributed by atoms with Crippen molar-refractivity contribution in [2.75, 3.05) is 6.61 Å². The van der Waals surface area contributed by atoms with Crippen LogP contribution in [0.15, 0.2) is 36.7 Å². The fourth-order valence-electron chi connectivity index (χ4n) is 1.92. The van der Waals surface area contributed by atoms with E-state index in [4.69, 9.17) is 4.74 Å².